The van der Waals surface area contributed by atoms with E-state index in [1.54, 1.807) is 36.6 Å². The molecule has 6 nitrogen and oxygen atoms in total. The van der Waals surface area contributed by atoms with Crippen molar-refractivity contribution in [1.29, 1.82) is 0 Å². The Kier molecular flexibility index (Phi) is 4.10. The zero-order chi connectivity index (χ0) is 17.5. The average molecular weight is 363 g/mol. The van der Waals surface area contributed by atoms with E-state index in [-0.39, 0.29) is 16.4 Å². The SMILES string of the molecule is CCN(c1ccc(C)c2cc(C(N)=O)[nH]c12)S(=O)(=O)c1cccs1. The molecule has 0 aliphatic rings. The number of benzene rings is 1. The third-order valence-corrected chi connectivity index (χ3v) is 7.11. The molecule has 3 N–H and O–H groups in total. The fraction of sp³-hybridized carbons (Fsp3) is 0.188. The zero-order valence-corrected chi connectivity index (χ0v) is 14.9. The van der Waals surface area contributed by atoms with Gasteiger partial charge in [0.15, 0.2) is 0 Å². The number of amides is 1. The summed E-state index contributed by atoms with van der Waals surface area (Å²) >= 11 is 1.17. The molecule has 1 amide bonds. The van der Waals surface area contributed by atoms with Crippen LogP contribution in [0, 0.1) is 6.92 Å². The number of primary amides is 1. The maximum Gasteiger partial charge on any atom is 0.273 e. The van der Waals surface area contributed by atoms with Gasteiger partial charge in [0.05, 0.1) is 11.2 Å². The normalized spacial score (nSPS) is 11.8. The molecule has 0 saturated heterocycles. The smallest absolute Gasteiger partial charge is 0.273 e. The average Bonchev–Trinajstić information content (AvgIpc) is 3.19. The first-order valence-corrected chi connectivity index (χ1v) is 9.66. The Hall–Kier alpha value is -2.32. The van der Waals surface area contributed by atoms with Gasteiger partial charge in [-0.3, -0.25) is 9.10 Å². The molecular formula is C16H17N3O3S2. The van der Waals surface area contributed by atoms with E-state index >= 15 is 0 Å². The summed E-state index contributed by atoms with van der Waals surface area (Å²) in [7, 11) is -3.66. The molecule has 2 heterocycles. The molecule has 126 valence electrons. The largest absolute Gasteiger partial charge is 0.364 e. The van der Waals surface area contributed by atoms with Crippen LogP contribution < -0.4 is 10.0 Å². The number of rotatable bonds is 5. The minimum Gasteiger partial charge on any atom is -0.364 e. The van der Waals surface area contributed by atoms with Crippen molar-refractivity contribution in [3.8, 4) is 0 Å². The van der Waals surface area contributed by atoms with E-state index < -0.39 is 15.9 Å². The molecule has 3 rings (SSSR count). The summed E-state index contributed by atoms with van der Waals surface area (Å²) in [6.07, 6.45) is 0. The summed E-state index contributed by atoms with van der Waals surface area (Å²) in [4.78, 5) is 14.4. The maximum absolute atomic E-state index is 12.9. The Morgan fingerprint density at radius 1 is 1.33 bits per heavy atom. The van der Waals surface area contributed by atoms with Crippen molar-refractivity contribution >= 4 is 43.9 Å². The van der Waals surface area contributed by atoms with E-state index in [0.29, 0.717) is 11.2 Å². The number of carbonyl (C=O) groups excluding carboxylic acids is 1. The van der Waals surface area contributed by atoms with Crippen LogP contribution in [0.1, 0.15) is 23.0 Å². The van der Waals surface area contributed by atoms with E-state index in [2.05, 4.69) is 4.98 Å². The predicted molar refractivity (Wildman–Crippen MR) is 96.1 cm³/mol. The van der Waals surface area contributed by atoms with Crippen LogP contribution >= 0.6 is 11.3 Å². The number of anilines is 1. The Bertz CT molecular complexity index is 1000. The Morgan fingerprint density at radius 2 is 2.08 bits per heavy atom. The number of nitrogens with zero attached hydrogens (tertiary/aromatic N) is 1. The van der Waals surface area contributed by atoms with Gasteiger partial charge in [0.25, 0.3) is 15.9 Å². The molecule has 0 saturated carbocycles. The highest BCUT2D eigenvalue weighted by Crippen LogP contribution is 2.33. The number of carbonyl (C=O) groups is 1. The number of hydrogen-bond donors (Lipinski definition) is 2. The molecule has 3 aromatic rings. The molecule has 2 aromatic heterocycles. The fourth-order valence-electron chi connectivity index (χ4n) is 2.67. The summed E-state index contributed by atoms with van der Waals surface area (Å²) in [5.74, 6) is -0.583. The number of aromatic nitrogens is 1. The highest BCUT2D eigenvalue weighted by molar-refractivity contribution is 7.94. The number of hydrogen-bond acceptors (Lipinski definition) is 4. The fourth-order valence-corrected chi connectivity index (χ4v) is 5.26. The van der Waals surface area contributed by atoms with Gasteiger partial charge in [0.1, 0.15) is 9.90 Å². The van der Waals surface area contributed by atoms with Gasteiger partial charge < -0.3 is 10.7 Å². The van der Waals surface area contributed by atoms with Crippen molar-refractivity contribution in [2.24, 2.45) is 5.73 Å². The number of thiophene rings is 1. The monoisotopic (exact) mass is 363 g/mol. The van der Waals surface area contributed by atoms with Crippen LogP contribution in [-0.4, -0.2) is 25.9 Å². The van der Waals surface area contributed by atoms with Crippen LogP contribution in [0.5, 0.6) is 0 Å². The molecule has 0 spiro atoms. The van der Waals surface area contributed by atoms with E-state index in [0.717, 1.165) is 10.9 Å². The van der Waals surface area contributed by atoms with Crippen LogP contribution in [0.2, 0.25) is 0 Å². The van der Waals surface area contributed by atoms with E-state index in [9.17, 15) is 13.2 Å². The predicted octanol–water partition coefficient (Wildman–Crippen LogP) is 2.85. The summed E-state index contributed by atoms with van der Waals surface area (Å²) in [6, 6.07) is 8.52. The number of nitrogens with two attached hydrogens (primary N) is 1. The van der Waals surface area contributed by atoms with Crippen molar-refractivity contribution < 1.29 is 13.2 Å². The molecule has 0 atom stereocenters. The second-order valence-electron chi connectivity index (χ2n) is 5.34. The first-order valence-electron chi connectivity index (χ1n) is 7.34. The lowest BCUT2D eigenvalue weighted by Crippen LogP contribution is -2.30. The van der Waals surface area contributed by atoms with Gasteiger partial charge in [-0.15, -0.1) is 11.3 Å². The molecule has 0 radical (unpaired) electrons. The summed E-state index contributed by atoms with van der Waals surface area (Å²) < 4.78 is 27.5. The summed E-state index contributed by atoms with van der Waals surface area (Å²) in [5, 5.41) is 2.51. The highest BCUT2D eigenvalue weighted by Gasteiger charge is 2.27. The van der Waals surface area contributed by atoms with Gasteiger partial charge in [-0.2, -0.15) is 0 Å². The van der Waals surface area contributed by atoms with Crippen molar-refractivity contribution in [3.05, 3.63) is 47.0 Å². The highest BCUT2D eigenvalue weighted by atomic mass is 32.2. The summed E-state index contributed by atoms with van der Waals surface area (Å²) in [6.45, 7) is 3.94. The molecule has 8 heteroatoms. The van der Waals surface area contributed by atoms with Gasteiger partial charge in [0, 0.05) is 11.9 Å². The second-order valence-corrected chi connectivity index (χ2v) is 8.38. The van der Waals surface area contributed by atoms with Crippen LogP contribution in [0.3, 0.4) is 0 Å². The van der Waals surface area contributed by atoms with Crippen molar-refractivity contribution in [3.63, 3.8) is 0 Å². The molecule has 0 aliphatic carbocycles. The van der Waals surface area contributed by atoms with Gasteiger partial charge in [-0.25, -0.2) is 8.42 Å². The first kappa shape index (κ1) is 16.5. The Labute approximate surface area is 144 Å². The van der Waals surface area contributed by atoms with Crippen LogP contribution in [0.25, 0.3) is 10.9 Å². The number of sulfonamides is 1. The summed E-state index contributed by atoms with van der Waals surface area (Å²) in [5.41, 5.74) is 7.62. The lowest BCUT2D eigenvalue weighted by atomic mass is 10.1. The number of H-pyrrole nitrogens is 1. The van der Waals surface area contributed by atoms with Gasteiger partial charge in [-0.1, -0.05) is 12.1 Å². The molecule has 1 aromatic carbocycles. The molecular weight excluding hydrogens is 346 g/mol. The molecule has 24 heavy (non-hydrogen) atoms. The minimum atomic E-state index is -3.66. The van der Waals surface area contributed by atoms with E-state index in [1.165, 1.54) is 15.6 Å². The van der Waals surface area contributed by atoms with Crippen LogP contribution in [0.15, 0.2) is 39.9 Å². The topological polar surface area (TPSA) is 96.3 Å². The first-order chi connectivity index (χ1) is 11.4. The van der Waals surface area contributed by atoms with Gasteiger partial charge in [0.2, 0.25) is 0 Å². The third-order valence-electron chi connectivity index (χ3n) is 3.85. The minimum absolute atomic E-state index is 0.255. The van der Waals surface area contributed by atoms with E-state index in [1.807, 2.05) is 13.0 Å². The molecule has 0 fully saturated rings. The Balaban J connectivity index is 2.24. The standard InChI is InChI=1S/C16H17N3O3S2/c1-3-19(24(21,22)14-5-4-8-23-14)13-7-6-10(2)11-9-12(16(17)20)18-15(11)13/h4-9,18H,3H2,1-2H3,(H2,17,20). The second kappa shape index (κ2) is 5.95. The molecule has 0 unspecified atom stereocenters. The lowest BCUT2D eigenvalue weighted by Gasteiger charge is -2.23. The molecule has 0 aliphatic heterocycles. The third kappa shape index (κ3) is 2.57. The van der Waals surface area contributed by atoms with Crippen molar-refractivity contribution in [2.45, 2.75) is 18.1 Å². The van der Waals surface area contributed by atoms with Gasteiger partial charge >= 0.3 is 0 Å². The molecule has 0 bridgehead atoms. The van der Waals surface area contributed by atoms with Gasteiger partial charge in [-0.05, 0) is 43.0 Å². The number of aromatic amines is 1. The maximum atomic E-state index is 12.9. The zero-order valence-electron chi connectivity index (χ0n) is 13.2. The number of nitrogens with one attached hydrogen (secondary N) is 1. The van der Waals surface area contributed by atoms with Crippen LogP contribution in [-0.2, 0) is 10.0 Å². The van der Waals surface area contributed by atoms with Crippen molar-refractivity contribution in [2.75, 3.05) is 10.8 Å². The number of aryl methyl sites for hydroxylation is 1. The quantitative estimate of drug-likeness (QED) is 0.729. The van der Waals surface area contributed by atoms with E-state index in [4.69, 9.17) is 5.73 Å². The lowest BCUT2D eigenvalue weighted by molar-refractivity contribution is 0.0996. The van der Waals surface area contributed by atoms with Crippen LogP contribution in [0.4, 0.5) is 5.69 Å². The Morgan fingerprint density at radius 3 is 2.67 bits per heavy atom. The van der Waals surface area contributed by atoms with Crippen molar-refractivity contribution in [1.82, 2.24) is 4.98 Å². The number of fused-ring (bicyclic) bond motifs is 1.